The molecule has 3 atom stereocenters. The molecule has 0 radical (unpaired) electrons. The number of carbonyl (C=O) groups is 2. The van der Waals surface area contributed by atoms with Crippen LogP contribution in [0.25, 0.3) is 0 Å². The lowest BCUT2D eigenvalue weighted by Crippen LogP contribution is -2.47. The van der Waals surface area contributed by atoms with Gasteiger partial charge in [0.15, 0.2) is 0 Å². The van der Waals surface area contributed by atoms with Crippen molar-refractivity contribution in [3.05, 3.63) is 23.8 Å². The molecule has 1 aliphatic heterocycles. The van der Waals surface area contributed by atoms with Crippen LogP contribution in [0, 0.1) is 11.8 Å². The minimum absolute atomic E-state index is 0.0375. The van der Waals surface area contributed by atoms with Gasteiger partial charge in [-0.25, -0.2) is 0 Å². The van der Waals surface area contributed by atoms with Gasteiger partial charge >= 0.3 is 0 Å². The van der Waals surface area contributed by atoms with Crippen molar-refractivity contribution in [2.45, 2.75) is 64.5 Å². The lowest BCUT2D eigenvalue weighted by molar-refractivity contribution is -0.134. The molecule has 2 N–H and O–H groups in total. The smallest absolute Gasteiger partial charge is 0.227 e. The molecule has 0 saturated heterocycles. The van der Waals surface area contributed by atoms with E-state index in [0.717, 1.165) is 37.8 Å². The van der Waals surface area contributed by atoms with E-state index in [0.29, 0.717) is 18.0 Å². The van der Waals surface area contributed by atoms with Gasteiger partial charge < -0.3 is 25.0 Å². The molecule has 1 saturated carbocycles. The molecule has 178 valence electrons. The third-order valence-electron chi connectivity index (χ3n) is 6.71. The SMILES string of the molecule is C[C@@H]1CN([C@@H](C)CO)C(=O)Cc2cc(NC(=O)C3CCCCC3)ccc2O[C@H]1CN(C)C. The summed E-state index contributed by atoms with van der Waals surface area (Å²) < 4.78 is 6.43. The second-order valence-electron chi connectivity index (χ2n) is 9.80. The Bertz CT molecular complexity index is 791. The number of likely N-dealkylation sites (N-methyl/N-ethyl adjacent to an activating group) is 1. The third kappa shape index (κ3) is 6.23. The highest BCUT2D eigenvalue weighted by molar-refractivity contribution is 5.93. The number of nitrogens with zero attached hydrogens (tertiary/aromatic N) is 2. The Morgan fingerprint density at radius 3 is 2.66 bits per heavy atom. The number of carbonyl (C=O) groups excluding carboxylic acids is 2. The van der Waals surface area contributed by atoms with Crippen LogP contribution in [0.4, 0.5) is 5.69 Å². The van der Waals surface area contributed by atoms with Crippen molar-refractivity contribution >= 4 is 17.5 Å². The van der Waals surface area contributed by atoms with Crippen LogP contribution in [0.5, 0.6) is 5.75 Å². The van der Waals surface area contributed by atoms with Crippen molar-refractivity contribution in [3.8, 4) is 5.75 Å². The molecule has 7 nitrogen and oxygen atoms in total. The first-order valence-corrected chi connectivity index (χ1v) is 11.9. The van der Waals surface area contributed by atoms with Gasteiger partial charge in [0.25, 0.3) is 0 Å². The molecule has 0 aromatic heterocycles. The Morgan fingerprint density at radius 1 is 1.28 bits per heavy atom. The van der Waals surface area contributed by atoms with Crippen molar-refractivity contribution in [3.63, 3.8) is 0 Å². The van der Waals surface area contributed by atoms with E-state index in [2.05, 4.69) is 17.1 Å². The van der Waals surface area contributed by atoms with E-state index in [-0.39, 0.29) is 48.8 Å². The molecule has 7 heteroatoms. The van der Waals surface area contributed by atoms with E-state index in [1.165, 1.54) is 6.42 Å². The van der Waals surface area contributed by atoms with Crippen LogP contribution in [0.2, 0.25) is 0 Å². The van der Waals surface area contributed by atoms with Crippen molar-refractivity contribution in [2.75, 3.05) is 39.1 Å². The van der Waals surface area contributed by atoms with E-state index in [1.54, 1.807) is 4.90 Å². The Morgan fingerprint density at radius 2 is 2.00 bits per heavy atom. The topological polar surface area (TPSA) is 82.1 Å². The van der Waals surface area contributed by atoms with Crippen LogP contribution < -0.4 is 10.1 Å². The first-order valence-electron chi connectivity index (χ1n) is 11.9. The number of aliphatic hydroxyl groups excluding tert-OH is 1. The Labute approximate surface area is 192 Å². The van der Waals surface area contributed by atoms with E-state index in [9.17, 15) is 14.7 Å². The predicted molar refractivity (Wildman–Crippen MR) is 126 cm³/mol. The molecule has 2 aliphatic rings. The number of nitrogens with one attached hydrogen (secondary N) is 1. The van der Waals surface area contributed by atoms with Crippen molar-refractivity contribution < 1.29 is 19.4 Å². The lowest BCUT2D eigenvalue weighted by atomic mass is 9.88. The van der Waals surface area contributed by atoms with Gasteiger partial charge in [-0.05, 0) is 52.1 Å². The van der Waals surface area contributed by atoms with Gasteiger partial charge in [-0.3, -0.25) is 9.59 Å². The number of amides is 2. The van der Waals surface area contributed by atoms with E-state index in [4.69, 9.17) is 4.74 Å². The first kappa shape index (κ1) is 24.5. The fraction of sp³-hybridized carbons (Fsp3) is 0.680. The summed E-state index contributed by atoms with van der Waals surface area (Å²) in [4.78, 5) is 29.8. The van der Waals surface area contributed by atoms with E-state index in [1.807, 2.05) is 39.2 Å². The summed E-state index contributed by atoms with van der Waals surface area (Å²) in [5, 5.41) is 12.8. The zero-order valence-electron chi connectivity index (χ0n) is 20.0. The number of hydrogen-bond donors (Lipinski definition) is 2. The van der Waals surface area contributed by atoms with Gasteiger partial charge in [0, 0.05) is 36.2 Å². The summed E-state index contributed by atoms with van der Waals surface area (Å²) in [5.41, 5.74) is 1.47. The molecule has 1 heterocycles. The molecule has 3 rings (SSSR count). The van der Waals surface area contributed by atoms with Crippen molar-refractivity contribution in [2.24, 2.45) is 11.8 Å². The van der Waals surface area contributed by atoms with Gasteiger partial charge in [0.1, 0.15) is 11.9 Å². The standard InChI is InChI=1S/C25H39N3O4/c1-17-14-28(18(2)16-29)24(30)13-20-12-21(26-25(31)19-8-6-5-7-9-19)10-11-22(20)32-23(17)15-27(3)4/h10-12,17-19,23,29H,5-9,13-16H2,1-4H3,(H,26,31)/t17-,18+,23+/m1/s1. The second kappa shape index (κ2) is 11.1. The number of benzene rings is 1. The van der Waals surface area contributed by atoms with Gasteiger partial charge in [0.2, 0.25) is 11.8 Å². The van der Waals surface area contributed by atoms with E-state index >= 15 is 0 Å². The van der Waals surface area contributed by atoms with Gasteiger partial charge in [-0.1, -0.05) is 26.2 Å². The van der Waals surface area contributed by atoms with Gasteiger partial charge in [-0.15, -0.1) is 0 Å². The molecule has 2 amide bonds. The minimum atomic E-state index is -0.263. The minimum Gasteiger partial charge on any atom is -0.488 e. The molecule has 1 aliphatic carbocycles. The number of anilines is 1. The highest BCUT2D eigenvalue weighted by Crippen LogP contribution is 2.30. The quantitative estimate of drug-likeness (QED) is 0.704. The molecule has 0 spiro atoms. The van der Waals surface area contributed by atoms with Gasteiger partial charge in [-0.2, -0.15) is 0 Å². The number of aliphatic hydroxyl groups is 1. The number of hydrogen-bond acceptors (Lipinski definition) is 5. The van der Waals surface area contributed by atoms with Gasteiger partial charge in [0.05, 0.1) is 19.1 Å². The molecule has 0 unspecified atom stereocenters. The maximum atomic E-state index is 13.2. The van der Waals surface area contributed by atoms with E-state index < -0.39 is 0 Å². The molecular weight excluding hydrogens is 406 g/mol. The Kier molecular flexibility index (Phi) is 8.54. The molecule has 0 bridgehead atoms. The maximum Gasteiger partial charge on any atom is 0.227 e. The van der Waals surface area contributed by atoms with Crippen LogP contribution in [0.3, 0.4) is 0 Å². The number of rotatable bonds is 6. The summed E-state index contributed by atoms with van der Waals surface area (Å²) >= 11 is 0. The average Bonchev–Trinajstić information content (AvgIpc) is 2.81. The van der Waals surface area contributed by atoms with Crippen LogP contribution in [0.1, 0.15) is 51.5 Å². The average molecular weight is 446 g/mol. The van der Waals surface area contributed by atoms with Crippen LogP contribution in [-0.4, -0.2) is 72.7 Å². The molecular formula is C25H39N3O4. The molecule has 1 aromatic carbocycles. The Balaban J connectivity index is 1.87. The zero-order chi connectivity index (χ0) is 23.3. The second-order valence-corrected chi connectivity index (χ2v) is 9.80. The summed E-state index contributed by atoms with van der Waals surface area (Å²) in [7, 11) is 4.01. The van der Waals surface area contributed by atoms with Crippen LogP contribution in [0.15, 0.2) is 18.2 Å². The van der Waals surface area contributed by atoms with Crippen molar-refractivity contribution in [1.82, 2.24) is 9.80 Å². The highest BCUT2D eigenvalue weighted by atomic mass is 16.5. The van der Waals surface area contributed by atoms with Crippen molar-refractivity contribution in [1.29, 1.82) is 0 Å². The highest BCUT2D eigenvalue weighted by Gasteiger charge is 2.31. The summed E-state index contributed by atoms with van der Waals surface area (Å²) in [6, 6.07) is 5.35. The molecule has 1 fully saturated rings. The predicted octanol–water partition coefficient (Wildman–Crippen LogP) is 2.92. The fourth-order valence-corrected chi connectivity index (χ4v) is 4.69. The third-order valence-corrected chi connectivity index (χ3v) is 6.71. The fourth-order valence-electron chi connectivity index (χ4n) is 4.69. The normalized spacial score (nSPS) is 23.6. The monoisotopic (exact) mass is 445 g/mol. The lowest BCUT2D eigenvalue weighted by Gasteiger charge is -2.33. The summed E-state index contributed by atoms with van der Waals surface area (Å²) in [6.07, 6.45) is 5.37. The molecule has 32 heavy (non-hydrogen) atoms. The Hall–Kier alpha value is -2.12. The van der Waals surface area contributed by atoms with Crippen LogP contribution >= 0.6 is 0 Å². The van der Waals surface area contributed by atoms with Crippen LogP contribution in [-0.2, 0) is 16.0 Å². The summed E-state index contributed by atoms with van der Waals surface area (Å²) in [6.45, 7) is 5.12. The maximum absolute atomic E-state index is 13.2. The number of fused-ring (bicyclic) bond motifs is 1. The largest absolute Gasteiger partial charge is 0.488 e. The zero-order valence-corrected chi connectivity index (χ0v) is 20.0. The summed E-state index contributed by atoms with van der Waals surface area (Å²) in [5.74, 6) is 0.871. The first-order chi connectivity index (χ1) is 15.3. The molecule has 1 aromatic rings. The number of ether oxygens (including phenoxy) is 1.